The Bertz CT molecular complexity index is 302. The molecule has 15 heavy (non-hydrogen) atoms. The minimum absolute atomic E-state index is 1.06. The molecule has 0 aliphatic carbocycles. The van der Waals surface area contributed by atoms with Gasteiger partial charge in [-0.3, -0.25) is 0 Å². The van der Waals surface area contributed by atoms with Crippen molar-refractivity contribution in [1.29, 1.82) is 0 Å². The zero-order valence-electron chi connectivity index (χ0n) is 9.35. The van der Waals surface area contributed by atoms with E-state index < -0.39 is 0 Å². The van der Waals surface area contributed by atoms with Crippen LogP contribution in [-0.4, -0.2) is 18.6 Å². The Balaban J connectivity index is 2.34. The Kier molecular flexibility index (Phi) is 6.18. The molecule has 0 aliphatic heterocycles. The fourth-order valence-corrected chi connectivity index (χ4v) is 2.28. The van der Waals surface area contributed by atoms with Crippen LogP contribution >= 0.6 is 27.7 Å². The van der Waals surface area contributed by atoms with Gasteiger partial charge in [0.25, 0.3) is 0 Å². The number of benzene rings is 1. The zero-order valence-corrected chi connectivity index (χ0v) is 11.7. The summed E-state index contributed by atoms with van der Waals surface area (Å²) in [5.41, 5.74) is 2.49. The number of nitrogens with one attached hydrogen (secondary N) is 1. The molecule has 0 radical (unpaired) electrons. The first-order valence-corrected chi connectivity index (χ1v) is 7.42. The van der Waals surface area contributed by atoms with Crippen LogP contribution < -0.4 is 5.32 Å². The van der Waals surface area contributed by atoms with Crippen LogP contribution in [0.1, 0.15) is 18.4 Å². The highest BCUT2D eigenvalue weighted by molar-refractivity contribution is 9.10. The maximum absolute atomic E-state index is 3.60. The number of rotatable bonds is 6. The van der Waals surface area contributed by atoms with Gasteiger partial charge in [0.05, 0.1) is 0 Å². The topological polar surface area (TPSA) is 12.0 Å². The second kappa shape index (κ2) is 7.18. The van der Waals surface area contributed by atoms with E-state index in [1.54, 1.807) is 0 Å². The maximum atomic E-state index is 3.60. The molecular weight excluding hydrogens is 270 g/mol. The lowest BCUT2D eigenvalue weighted by atomic mass is 10.2. The molecule has 0 fully saturated rings. The van der Waals surface area contributed by atoms with Gasteiger partial charge in [-0.15, -0.1) is 0 Å². The van der Waals surface area contributed by atoms with Crippen molar-refractivity contribution in [3.63, 3.8) is 0 Å². The fourth-order valence-electron chi connectivity index (χ4n) is 1.38. The van der Waals surface area contributed by atoms with Gasteiger partial charge in [0.2, 0.25) is 0 Å². The van der Waals surface area contributed by atoms with Gasteiger partial charge in [0.1, 0.15) is 0 Å². The summed E-state index contributed by atoms with van der Waals surface area (Å²) in [6.45, 7) is 3.17. The van der Waals surface area contributed by atoms with Crippen molar-refractivity contribution < 1.29 is 0 Å². The predicted octanol–water partition coefficient (Wildman–Crippen LogP) is 4.31. The van der Waals surface area contributed by atoms with Crippen LogP contribution in [0.3, 0.4) is 0 Å². The van der Waals surface area contributed by atoms with Gasteiger partial charge >= 0.3 is 0 Å². The van der Waals surface area contributed by atoms with Gasteiger partial charge in [-0.1, -0.05) is 12.1 Å². The maximum Gasteiger partial charge on any atom is 0.0487 e. The molecule has 0 amide bonds. The van der Waals surface area contributed by atoms with Gasteiger partial charge in [0.15, 0.2) is 0 Å². The highest BCUT2D eigenvalue weighted by Crippen LogP contribution is 2.25. The molecule has 0 unspecified atom stereocenters. The van der Waals surface area contributed by atoms with E-state index in [2.05, 4.69) is 52.6 Å². The number of unbranched alkanes of at least 4 members (excludes halogenated alkanes) is 1. The molecular formula is C12H18BrNS. The molecule has 3 heteroatoms. The molecule has 0 aromatic heterocycles. The van der Waals surface area contributed by atoms with E-state index in [4.69, 9.17) is 0 Å². The molecule has 1 rings (SSSR count). The first kappa shape index (κ1) is 12.9. The van der Waals surface area contributed by atoms with Gasteiger partial charge in [0, 0.05) is 16.7 Å². The zero-order chi connectivity index (χ0) is 11.1. The van der Waals surface area contributed by atoms with Crippen molar-refractivity contribution in [3.05, 3.63) is 28.2 Å². The average Bonchev–Trinajstić information content (AvgIpc) is 2.24. The predicted molar refractivity (Wildman–Crippen MR) is 75.0 cm³/mol. The van der Waals surface area contributed by atoms with E-state index in [1.807, 2.05) is 11.8 Å². The molecule has 0 spiro atoms. The van der Waals surface area contributed by atoms with E-state index in [9.17, 15) is 0 Å². The summed E-state index contributed by atoms with van der Waals surface area (Å²) in [6.07, 6.45) is 4.68. The largest absolute Gasteiger partial charge is 0.384 e. The Hall–Kier alpha value is -0.150. The number of anilines is 1. The SMILES string of the molecule is CSCCCCNc1cccc(C)c1Br. The van der Waals surface area contributed by atoms with Crippen molar-refractivity contribution in [1.82, 2.24) is 0 Å². The molecule has 1 aromatic carbocycles. The minimum atomic E-state index is 1.06. The minimum Gasteiger partial charge on any atom is -0.384 e. The van der Waals surface area contributed by atoms with Gasteiger partial charge in [-0.2, -0.15) is 11.8 Å². The smallest absolute Gasteiger partial charge is 0.0487 e. The third-order valence-corrected chi connectivity index (χ3v) is 4.03. The van der Waals surface area contributed by atoms with E-state index in [-0.39, 0.29) is 0 Å². The summed E-state index contributed by atoms with van der Waals surface area (Å²) in [4.78, 5) is 0. The third-order valence-electron chi connectivity index (χ3n) is 2.28. The van der Waals surface area contributed by atoms with Crippen LogP contribution in [0, 0.1) is 6.92 Å². The van der Waals surface area contributed by atoms with Crippen LogP contribution in [-0.2, 0) is 0 Å². The molecule has 0 aliphatic rings. The molecule has 1 N–H and O–H groups in total. The van der Waals surface area contributed by atoms with Crippen molar-refractivity contribution in [2.75, 3.05) is 23.9 Å². The Labute approximate surface area is 105 Å². The average molecular weight is 288 g/mol. The van der Waals surface area contributed by atoms with Crippen LogP contribution in [0.4, 0.5) is 5.69 Å². The van der Waals surface area contributed by atoms with Crippen LogP contribution in [0.5, 0.6) is 0 Å². The highest BCUT2D eigenvalue weighted by Gasteiger charge is 2.00. The van der Waals surface area contributed by atoms with E-state index in [0.29, 0.717) is 0 Å². The van der Waals surface area contributed by atoms with Gasteiger partial charge in [-0.05, 0) is 59.3 Å². The Morgan fingerprint density at radius 1 is 1.33 bits per heavy atom. The highest BCUT2D eigenvalue weighted by atomic mass is 79.9. The summed E-state index contributed by atoms with van der Waals surface area (Å²) in [7, 11) is 0. The number of hydrogen-bond acceptors (Lipinski definition) is 2. The number of thioether (sulfide) groups is 1. The lowest BCUT2D eigenvalue weighted by Crippen LogP contribution is -2.02. The molecule has 0 heterocycles. The van der Waals surface area contributed by atoms with Crippen molar-refractivity contribution in [2.45, 2.75) is 19.8 Å². The van der Waals surface area contributed by atoms with Crippen molar-refractivity contribution in [3.8, 4) is 0 Å². The second-order valence-corrected chi connectivity index (χ2v) is 5.34. The lowest BCUT2D eigenvalue weighted by molar-refractivity contribution is 0.843. The van der Waals surface area contributed by atoms with Crippen molar-refractivity contribution >= 4 is 33.4 Å². The van der Waals surface area contributed by atoms with Crippen LogP contribution in [0.2, 0.25) is 0 Å². The summed E-state index contributed by atoms with van der Waals surface area (Å²) >= 11 is 5.51. The summed E-state index contributed by atoms with van der Waals surface area (Å²) in [6, 6.07) is 6.32. The molecule has 0 atom stereocenters. The number of aryl methyl sites for hydroxylation is 1. The molecule has 0 bridgehead atoms. The molecule has 84 valence electrons. The van der Waals surface area contributed by atoms with E-state index in [0.717, 1.165) is 6.54 Å². The van der Waals surface area contributed by atoms with Crippen LogP contribution in [0.25, 0.3) is 0 Å². The number of halogens is 1. The molecule has 1 nitrogen and oxygen atoms in total. The second-order valence-electron chi connectivity index (χ2n) is 3.56. The third kappa shape index (κ3) is 4.47. The Morgan fingerprint density at radius 3 is 2.87 bits per heavy atom. The summed E-state index contributed by atoms with van der Waals surface area (Å²) < 4.78 is 1.19. The lowest BCUT2D eigenvalue weighted by Gasteiger charge is -2.09. The normalized spacial score (nSPS) is 10.3. The monoisotopic (exact) mass is 287 g/mol. The van der Waals surface area contributed by atoms with E-state index in [1.165, 1.54) is 34.3 Å². The molecule has 1 aromatic rings. The summed E-state index contributed by atoms with van der Waals surface area (Å²) in [5.74, 6) is 1.26. The quantitative estimate of drug-likeness (QED) is 0.783. The summed E-state index contributed by atoms with van der Waals surface area (Å²) in [5, 5.41) is 3.46. The fraction of sp³-hybridized carbons (Fsp3) is 0.500. The Morgan fingerprint density at radius 2 is 2.13 bits per heavy atom. The first-order valence-electron chi connectivity index (χ1n) is 5.23. The standard InChI is InChI=1S/C12H18BrNS/c1-10-6-5-7-11(12(10)13)14-8-3-4-9-15-2/h5-7,14H,3-4,8-9H2,1-2H3. The van der Waals surface area contributed by atoms with E-state index >= 15 is 0 Å². The molecule has 0 saturated carbocycles. The van der Waals surface area contributed by atoms with Crippen molar-refractivity contribution in [2.24, 2.45) is 0 Å². The van der Waals surface area contributed by atoms with Crippen LogP contribution in [0.15, 0.2) is 22.7 Å². The number of hydrogen-bond donors (Lipinski definition) is 1. The van der Waals surface area contributed by atoms with Gasteiger partial charge < -0.3 is 5.32 Å². The first-order chi connectivity index (χ1) is 7.25. The molecule has 0 saturated heterocycles. The van der Waals surface area contributed by atoms with Gasteiger partial charge in [-0.25, -0.2) is 0 Å².